The van der Waals surface area contributed by atoms with Crippen LogP contribution in [0, 0.1) is 26.7 Å². The van der Waals surface area contributed by atoms with E-state index in [-0.39, 0.29) is 0 Å². The number of nitrogens with two attached hydrogens (primary N) is 1. The van der Waals surface area contributed by atoms with Crippen LogP contribution < -0.4 is 10.6 Å². The van der Waals surface area contributed by atoms with Crippen LogP contribution in [-0.4, -0.2) is 29.6 Å². The first-order valence-corrected chi connectivity index (χ1v) is 6.38. The van der Waals surface area contributed by atoms with E-state index in [9.17, 15) is 0 Å². The van der Waals surface area contributed by atoms with Gasteiger partial charge in [0.1, 0.15) is 11.6 Å². The van der Waals surface area contributed by atoms with E-state index in [1.54, 1.807) is 0 Å². The van der Waals surface area contributed by atoms with Crippen molar-refractivity contribution < 1.29 is 0 Å². The summed E-state index contributed by atoms with van der Waals surface area (Å²) < 4.78 is 0. The lowest BCUT2D eigenvalue weighted by Gasteiger charge is -2.33. The topological polar surface area (TPSA) is 55.0 Å². The summed E-state index contributed by atoms with van der Waals surface area (Å²) in [4.78, 5) is 11.4. The minimum absolute atomic E-state index is 0.690. The second kappa shape index (κ2) is 5.00. The van der Waals surface area contributed by atoms with Gasteiger partial charge in [0.25, 0.3) is 0 Å². The van der Waals surface area contributed by atoms with Crippen LogP contribution in [0.5, 0.6) is 0 Å². The highest BCUT2D eigenvalue weighted by atomic mass is 15.2. The van der Waals surface area contributed by atoms with Crippen molar-refractivity contribution in [1.82, 2.24) is 9.97 Å². The van der Waals surface area contributed by atoms with Crippen molar-refractivity contribution >= 4 is 5.82 Å². The zero-order chi connectivity index (χ0) is 12.4. The van der Waals surface area contributed by atoms with Crippen molar-refractivity contribution in [1.29, 1.82) is 0 Å². The Kier molecular flexibility index (Phi) is 3.62. The molecule has 0 radical (unpaired) electrons. The van der Waals surface area contributed by atoms with Crippen molar-refractivity contribution in [2.24, 2.45) is 11.7 Å². The van der Waals surface area contributed by atoms with Gasteiger partial charge in [0.15, 0.2) is 0 Å². The molecule has 17 heavy (non-hydrogen) atoms. The summed E-state index contributed by atoms with van der Waals surface area (Å²) in [5.74, 6) is 2.67. The Morgan fingerprint density at radius 3 is 2.41 bits per heavy atom. The average molecular weight is 234 g/mol. The van der Waals surface area contributed by atoms with Crippen molar-refractivity contribution in [3.05, 3.63) is 17.1 Å². The third kappa shape index (κ3) is 2.57. The second-order valence-electron chi connectivity index (χ2n) is 4.97. The Morgan fingerprint density at radius 2 is 1.82 bits per heavy atom. The molecule has 4 heteroatoms. The lowest BCUT2D eigenvalue weighted by Crippen LogP contribution is -2.37. The van der Waals surface area contributed by atoms with E-state index in [0.717, 1.165) is 37.0 Å². The van der Waals surface area contributed by atoms with Gasteiger partial charge in [-0.2, -0.15) is 0 Å². The maximum absolute atomic E-state index is 5.72. The fourth-order valence-electron chi connectivity index (χ4n) is 2.44. The van der Waals surface area contributed by atoms with Gasteiger partial charge >= 0.3 is 0 Å². The molecular weight excluding hydrogens is 212 g/mol. The van der Waals surface area contributed by atoms with Crippen LogP contribution in [0.4, 0.5) is 5.82 Å². The summed E-state index contributed by atoms with van der Waals surface area (Å²) in [6.07, 6.45) is 2.36. The quantitative estimate of drug-likeness (QED) is 0.844. The molecule has 0 saturated carbocycles. The highest BCUT2D eigenvalue weighted by Crippen LogP contribution is 2.25. The van der Waals surface area contributed by atoms with E-state index in [2.05, 4.69) is 28.7 Å². The van der Waals surface area contributed by atoms with Crippen LogP contribution >= 0.6 is 0 Å². The lowest BCUT2D eigenvalue weighted by atomic mass is 9.97. The molecule has 1 aromatic rings. The Bertz CT molecular complexity index is 395. The molecule has 0 spiro atoms. The molecule has 2 heterocycles. The highest BCUT2D eigenvalue weighted by molar-refractivity contribution is 5.48. The van der Waals surface area contributed by atoms with E-state index in [1.807, 2.05) is 6.92 Å². The molecule has 1 fully saturated rings. The Hall–Kier alpha value is -1.16. The first-order valence-electron chi connectivity index (χ1n) is 6.38. The molecule has 0 aromatic carbocycles. The standard InChI is InChI=1S/C13H22N4/c1-9-10(2)15-11(3)16-13(9)17-6-4-12(8-14)5-7-17/h12H,4-8,14H2,1-3H3. The number of nitrogens with zero attached hydrogens (tertiary/aromatic N) is 3. The van der Waals surface area contributed by atoms with E-state index in [0.29, 0.717) is 5.92 Å². The number of aryl methyl sites for hydroxylation is 2. The van der Waals surface area contributed by atoms with Gasteiger partial charge in [-0.1, -0.05) is 0 Å². The van der Waals surface area contributed by atoms with E-state index < -0.39 is 0 Å². The van der Waals surface area contributed by atoms with E-state index >= 15 is 0 Å². The van der Waals surface area contributed by atoms with Crippen LogP contribution in [0.1, 0.15) is 29.9 Å². The summed E-state index contributed by atoms with van der Waals surface area (Å²) in [5, 5.41) is 0. The number of rotatable bonds is 2. The van der Waals surface area contributed by atoms with Crippen molar-refractivity contribution in [2.75, 3.05) is 24.5 Å². The molecule has 0 amide bonds. The molecule has 0 unspecified atom stereocenters. The SMILES string of the molecule is Cc1nc(C)c(C)c(N2CCC(CN)CC2)n1. The predicted molar refractivity (Wildman–Crippen MR) is 70.2 cm³/mol. The average Bonchev–Trinajstić information content (AvgIpc) is 2.34. The number of anilines is 1. The van der Waals surface area contributed by atoms with Crippen molar-refractivity contribution in [2.45, 2.75) is 33.6 Å². The third-order valence-corrected chi connectivity index (χ3v) is 3.72. The maximum Gasteiger partial charge on any atom is 0.135 e. The normalized spacial score (nSPS) is 17.5. The molecule has 1 aromatic heterocycles. The van der Waals surface area contributed by atoms with Gasteiger partial charge in [-0.05, 0) is 46.1 Å². The largest absolute Gasteiger partial charge is 0.356 e. The van der Waals surface area contributed by atoms with Crippen LogP contribution in [0.3, 0.4) is 0 Å². The minimum atomic E-state index is 0.690. The summed E-state index contributed by atoms with van der Waals surface area (Å²) in [5.41, 5.74) is 8.02. The number of aromatic nitrogens is 2. The number of hydrogen-bond donors (Lipinski definition) is 1. The number of piperidine rings is 1. The Labute approximate surface area is 103 Å². The predicted octanol–water partition coefficient (Wildman–Crippen LogP) is 1.58. The molecule has 0 bridgehead atoms. The molecular formula is C13H22N4. The third-order valence-electron chi connectivity index (χ3n) is 3.72. The Balaban J connectivity index is 2.18. The van der Waals surface area contributed by atoms with Gasteiger partial charge in [0.2, 0.25) is 0 Å². The first-order chi connectivity index (χ1) is 8.11. The van der Waals surface area contributed by atoms with Gasteiger partial charge in [-0.3, -0.25) is 0 Å². The zero-order valence-electron chi connectivity index (χ0n) is 11.0. The molecule has 2 rings (SSSR count). The summed E-state index contributed by atoms with van der Waals surface area (Å²) in [7, 11) is 0. The monoisotopic (exact) mass is 234 g/mol. The minimum Gasteiger partial charge on any atom is -0.356 e. The van der Waals surface area contributed by atoms with Crippen LogP contribution in [0.15, 0.2) is 0 Å². The summed E-state index contributed by atoms with van der Waals surface area (Å²) in [6, 6.07) is 0. The molecule has 2 N–H and O–H groups in total. The number of hydrogen-bond acceptors (Lipinski definition) is 4. The zero-order valence-corrected chi connectivity index (χ0v) is 11.0. The van der Waals surface area contributed by atoms with E-state index in [1.165, 1.54) is 18.4 Å². The van der Waals surface area contributed by atoms with Gasteiger partial charge in [-0.25, -0.2) is 9.97 Å². The van der Waals surface area contributed by atoms with Crippen LogP contribution in [0.2, 0.25) is 0 Å². The van der Waals surface area contributed by atoms with Gasteiger partial charge in [0, 0.05) is 24.3 Å². The van der Waals surface area contributed by atoms with Crippen molar-refractivity contribution in [3.8, 4) is 0 Å². The molecule has 1 saturated heterocycles. The Morgan fingerprint density at radius 1 is 1.18 bits per heavy atom. The molecule has 4 nitrogen and oxygen atoms in total. The maximum atomic E-state index is 5.72. The second-order valence-corrected chi connectivity index (χ2v) is 4.97. The van der Waals surface area contributed by atoms with Gasteiger partial charge < -0.3 is 10.6 Å². The lowest BCUT2D eigenvalue weighted by molar-refractivity contribution is 0.412. The fourth-order valence-corrected chi connectivity index (χ4v) is 2.44. The summed E-state index contributed by atoms with van der Waals surface area (Å²) >= 11 is 0. The van der Waals surface area contributed by atoms with Gasteiger partial charge in [-0.15, -0.1) is 0 Å². The van der Waals surface area contributed by atoms with Crippen LogP contribution in [0.25, 0.3) is 0 Å². The molecule has 0 aliphatic carbocycles. The van der Waals surface area contributed by atoms with Gasteiger partial charge in [0.05, 0.1) is 0 Å². The highest BCUT2D eigenvalue weighted by Gasteiger charge is 2.21. The van der Waals surface area contributed by atoms with E-state index in [4.69, 9.17) is 5.73 Å². The first kappa shape index (κ1) is 12.3. The fraction of sp³-hybridized carbons (Fsp3) is 0.692. The molecule has 94 valence electrons. The molecule has 0 atom stereocenters. The smallest absolute Gasteiger partial charge is 0.135 e. The molecule has 1 aliphatic heterocycles. The molecule has 1 aliphatic rings. The van der Waals surface area contributed by atoms with Crippen molar-refractivity contribution in [3.63, 3.8) is 0 Å². The summed E-state index contributed by atoms with van der Waals surface area (Å²) in [6.45, 7) is 9.08. The van der Waals surface area contributed by atoms with Crippen LogP contribution in [-0.2, 0) is 0 Å².